The molecule has 3 aromatic rings. The highest BCUT2D eigenvalue weighted by Crippen LogP contribution is 2.27. The van der Waals surface area contributed by atoms with Crippen LogP contribution in [0.3, 0.4) is 0 Å². The summed E-state index contributed by atoms with van der Waals surface area (Å²) >= 11 is 0. The monoisotopic (exact) mass is 417 g/mol. The van der Waals surface area contributed by atoms with E-state index in [1.165, 1.54) is 0 Å². The lowest BCUT2D eigenvalue weighted by Gasteiger charge is -2.31. The summed E-state index contributed by atoms with van der Waals surface area (Å²) in [7, 11) is 0. The molecule has 2 aromatic heterocycles. The minimum Gasteiger partial charge on any atom is -0.465 e. The van der Waals surface area contributed by atoms with Crippen LogP contribution in [0, 0.1) is 19.8 Å². The smallest absolute Gasteiger partial charge is 0.256 e. The molecule has 1 fully saturated rings. The third-order valence-corrected chi connectivity index (χ3v) is 5.82. The minimum atomic E-state index is -0.0927. The summed E-state index contributed by atoms with van der Waals surface area (Å²) in [4.78, 5) is 32.1. The Labute approximate surface area is 182 Å². The molecule has 0 spiro atoms. The molecule has 0 bridgehead atoms. The fourth-order valence-electron chi connectivity index (χ4n) is 4.04. The minimum absolute atomic E-state index is 0.0168. The molecule has 2 amide bonds. The van der Waals surface area contributed by atoms with Gasteiger partial charge in [0, 0.05) is 30.8 Å². The molecule has 31 heavy (non-hydrogen) atoms. The Kier molecular flexibility index (Phi) is 6.16. The first-order valence-electron chi connectivity index (χ1n) is 10.7. The first kappa shape index (κ1) is 20.8. The predicted molar refractivity (Wildman–Crippen MR) is 118 cm³/mol. The number of furan rings is 1. The number of hydrogen-bond acceptors (Lipinski definition) is 4. The third kappa shape index (κ3) is 4.68. The molecule has 4 rings (SSSR count). The van der Waals surface area contributed by atoms with Gasteiger partial charge in [-0.3, -0.25) is 14.6 Å². The number of aryl methyl sites for hydroxylation is 2. The van der Waals surface area contributed by atoms with Crippen LogP contribution in [-0.2, 0) is 11.3 Å². The maximum atomic E-state index is 13.3. The van der Waals surface area contributed by atoms with Crippen LogP contribution in [0.2, 0.25) is 0 Å². The maximum absolute atomic E-state index is 13.3. The number of hydrogen-bond donors (Lipinski definition) is 1. The van der Waals surface area contributed by atoms with E-state index in [0.29, 0.717) is 43.7 Å². The molecule has 0 saturated carbocycles. The Bertz CT molecular complexity index is 1080. The number of rotatable bonds is 5. The van der Waals surface area contributed by atoms with Crippen LogP contribution < -0.4 is 5.32 Å². The van der Waals surface area contributed by atoms with E-state index in [0.717, 1.165) is 22.6 Å². The van der Waals surface area contributed by atoms with E-state index in [-0.39, 0.29) is 17.7 Å². The summed E-state index contributed by atoms with van der Waals surface area (Å²) in [5.74, 6) is 1.47. The Morgan fingerprint density at radius 3 is 2.55 bits per heavy atom. The number of carbonyl (C=O) groups excluding carboxylic acids is 2. The molecule has 1 aromatic carbocycles. The van der Waals surface area contributed by atoms with Crippen LogP contribution in [0.5, 0.6) is 0 Å². The quantitative estimate of drug-likeness (QED) is 0.677. The summed E-state index contributed by atoms with van der Waals surface area (Å²) < 4.78 is 5.50. The molecule has 0 atom stereocenters. The summed E-state index contributed by atoms with van der Waals surface area (Å²) in [6.07, 6.45) is 3.01. The van der Waals surface area contributed by atoms with Gasteiger partial charge in [0.15, 0.2) is 0 Å². The normalized spacial score (nSPS) is 14.5. The number of likely N-dealkylation sites (tertiary alicyclic amines) is 1. The van der Waals surface area contributed by atoms with Gasteiger partial charge in [-0.05, 0) is 56.5 Å². The topological polar surface area (TPSA) is 75.4 Å². The number of piperidine rings is 1. The molecule has 3 heterocycles. The van der Waals surface area contributed by atoms with Crippen LogP contribution >= 0.6 is 0 Å². The second-order valence-electron chi connectivity index (χ2n) is 8.01. The van der Waals surface area contributed by atoms with E-state index < -0.39 is 0 Å². The van der Waals surface area contributed by atoms with Crippen molar-refractivity contribution in [3.8, 4) is 11.3 Å². The molecular formula is C25H27N3O3. The summed E-state index contributed by atoms with van der Waals surface area (Å²) in [6.45, 7) is 5.40. The zero-order valence-electron chi connectivity index (χ0n) is 17.9. The van der Waals surface area contributed by atoms with Crippen molar-refractivity contribution < 1.29 is 14.0 Å². The molecular weight excluding hydrogens is 390 g/mol. The first-order chi connectivity index (χ1) is 15.0. The van der Waals surface area contributed by atoms with Gasteiger partial charge in [0.2, 0.25) is 5.91 Å². The number of carbonyl (C=O) groups is 2. The van der Waals surface area contributed by atoms with Crippen LogP contribution in [0.15, 0.2) is 59.1 Å². The van der Waals surface area contributed by atoms with E-state index in [4.69, 9.17) is 4.42 Å². The average molecular weight is 418 g/mol. The van der Waals surface area contributed by atoms with E-state index in [1.807, 2.05) is 61.2 Å². The van der Waals surface area contributed by atoms with Gasteiger partial charge in [0.25, 0.3) is 5.91 Å². The highest BCUT2D eigenvalue weighted by atomic mass is 16.3. The van der Waals surface area contributed by atoms with Crippen LogP contribution in [-0.4, -0.2) is 34.8 Å². The fourth-order valence-corrected chi connectivity index (χ4v) is 4.04. The summed E-state index contributed by atoms with van der Waals surface area (Å²) in [5.41, 5.74) is 3.36. The lowest BCUT2D eigenvalue weighted by molar-refractivity contribution is -0.126. The van der Waals surface area contributed by atoms with Crippen molar-refractivity contribution in [1.82, 2.24) is 15.2 Å². The second-order valence-corrected chi connectivity index (χ2v) is 8.01. The molecule has 1 aliphatic rings. The Morgan fingerprint density at radius 1 is 1.06 bits per heavy atom. The highest BCUT2D eigenvalue weighted by Gasteiger charge is 2.29. The van der Waals surface area contributed by atoms with Gasteiger partial charge in [-0.15, -0.1) is 0 Å². The van der Waals surface area contributed by atoms with Gasteiger partial charge in [-0.25, -0.2) is 0 Å². The summed E-state index contributed by atoms with van der Waals surface area (Å²) in [6, 6.07) is 15.3. The van der Waals surface area contributed by atoms with Gasteiger partial charge in [0.1, 0.15) is 11.5 Å². The van der Waals surface area contributed by atoms with Crippen molar-refractivity contribution in [3.63, 3.8) is 0 Å². The summed E-state index contributed by atoms with van der Waals surface area (Å²) in [5, 5.41) is 2.95. The maximum Gasteiger partial charge on any atom is 0.256 e. The number of pyridine rings is 1. The number of amides is 2. The lowest BCUT2D eigenvalue weighted by atomic mass is 9.94. The molecule has 0 radical (unpaired) electrons. The van der Waals surface area contributed by atoms with Crippen molar-refractivity contribution in [3.05, 3.63) is 77.4 Å². The molecule has 1 N–H and O–H groups in total. The number of nitrogens with zero attached hydrogens (tertiary/aromatic N) is 2. The highest BCUT2D eigenvalue weighted by molar-refractivity contribution is 6.00. The van der Waals surface area contributed by atoms with Crippen molar-refractivity contribution >= 4 is 11.8 Å². The zero-order chi connectivity index (χ0) is 21.8. The number of benzene rings is 1. The SMILES string of the molecule is Cc1ccc(CNC(=O)C2CCN(C(=O)c3cccnc3-c3ccccc3C)CC2)o1. The zero-order valence-corrected chi connectivity index (χ0v) is 17.9. The second kappa shape index (κ2) is 9.16. The molecule has 0 aliphatic carbocycles. The van der Waals surface area contributed by atoms with Gasteiger partial charge in [-0.1, -0.05) is 24.3 Å². The van der Waals surface area contributed by atoms with Crippen molar-refractivity contribution in [1.29, 1.82) is 0 Å². The molecule has 1 saturated heterocycles. The Balaban J connectivity index is 1.39. The molecule has 160 valence electrons. The number of nitrogens with one attached hydrogen (secondary N) is 1. The van der Waals surface area contributed by atoms with Crippen LogP contribution in [0.25, 0.3) is 11.3 Å². The third-order valence-electron chi connectivity index (χ3n) is 5.82. The van der Waals surface area contributed by atoms with Crippen molar-refractivity contribution in [2.24, 2.45) is 5.92 Å². The van der Waals surface area contributed by atoms with Crippen molar-refractivity contribution in [2.45, 2.75) is 33.2 Å². The standard InChI is InChI=1S/C25H27N3O3/c1-17-6-3-4-7-21(17)23-22(8-5-13-26-23)25(30)28-14-11-19(12-15-28)24(29)27-16-20-10-9-18(2)31-20/h3-10,13,19H,11-12,14-16H2,1-2H3,(H,27,29). The Morgan fingerprint density at radius 2 is 1.84 bits per heavy atom. The number of aromatic nitrogens is 1. The van der Waals surface area contributed by atoms with E-state index in [1.54, 1.807) is 12.3 Å². The first-order valence-corrected chi connectivity index (χ1v) is 10.7. The molecule has 0 unspecified atom stereocenters. The lowest BCUT2D eigenvalue weighted by Crippen LogP contribution is -2.43. The molecule has 1 aliphatic heterocycles. The van der Waals surface area contributed by atoms with Crippen LogP contribution in [0.4, 0.5) is 0 Å². The Hall–Kier alpha value is -3.41. The van der Waals surface area contributed by atoms with Gasteiger partial charge < -0.3 is 14.6 Å². The van der Waals surface area contributed by atoms with E-state index in [9.17, 15) is 9.59 Å². The largest absolute Gasteiger partial charge is 0.465 e. The average Bonchev–Trinajstić information content (AvgIpc) is 3.22. The fraction of sp³-hybridized carbons (Fsp3) is 0.320. The van der Waals surface area contributed by atoms with Crippen molar-refractivity contribution in [2.75, 3.05) is 13.1 Å². The molecule has 6 heteroatoms. The van der Waals surface area contributed by atoms with E-state index in [2.05, 4.69) is 10.3 Å². The molecule has 6 nitrogen and oxygen atoms in total. The van der Waals surface area contributed by atoms with Crippen LogP contribution in [0.1, 0.15) is 40.3 Å². The van der Waals surface area contributed by atoms with E-state index >= 15 is 0 Å². The van der Waals surface area contributed by atoms with Gasteiger partial charge >= 0.3 is 0 Å². The van der Waals surface area contributed by atoms with Gasteiger partial charge in [-0.2, -0.15) is 0 Å². The predicted octanol–water partition coefficient (Wildman–Crippen LogP) is 4.13. The van der Waals surface area contributed by atoms with Gasteiger partial charge in [0.05, 0.1) is 17.8 Å².